The molecule has 0 spiro atoms. The summed E-state index contributed by atoms with van der Waals surface area (Å²) in [5.41, 5.74) is 3.29. The average Bonchev–Trinajstić information content (AvgIpc) is 3.63. The number of aromatic nitrogens is 2. The smallest absolute Gasteiger partial charge is 0.344 e. The fourth-order valence-corrected chi connectivity index (χ4v) is 5.63. The first-order valence-electron chi connectivity index (χ1n) is 13.6. The summed E-state index contributed by atoms with van der Waals surface area (Å²) in [6, 6.07) is 25.6. The molecular formula is C33H29F3N4O2S. The fourth-order valence-electron chi connectivity index (χ4n) is 4.83. The van der Waals surface area contributed by atoms with Crippen molar-refractivity contribution in [2.45, 2.75) is 26.1 Å². The molecule has 6 nitrogen and oxygen atoms in total. The minimum absolute atomic E-state index is 0.0610. The summed E-state index contributed by atoms with van der Waals surface area (Å²) < 4.78 is 41.6. The molecule has 43 heavy (non-hydrogen) atoms. The molecule has 0 unspecified atom stereocenters. The van der Waals surface area contributed by atoms with Gasteiger partial charge in [0.15, 0.2) is 0 Å². The number of hydrogen-bond acceptors (Lipinski definition) is 4. The number of carbonyl (C=O) groups is 2. The molecule has 0 saturated heterocycles. The van der Waals surface area contributed by atoms with Gasteiger partial charge in [0.25, 0.3) is 11.8 Å². The number of amides is 2. The number of alkyl halides is 3. The molecular weight excluding hydrogens is 573 g/mol. The third-order valence-electron chi connectivity index (χ3n) is 7.09. The molecule has 5 aromatic rings. The summed E-state index contributed by atoms with van der Waals surface area (Å²) in [7, 11) is 1.73. The van der Waals surface area contributed by atoms with Crippen molar-refractivity contribution in [3.05, 3.63) is 119 Å². The van der Waals surface area contributed by atoms with E-state index in [0.29, 0.717) is 36.5 Å². The Morgan fingerprint density at radius 1 is 0.930 bits per heavy atom. The van der Waals surface area contributed by atoms with E-state index < -0.39 is 17.6 Å². The number of nitrogens with zero attached hydrogens (tertiary/aromatic N) is 3. The van der Waals surface area contributed by atoms with E-state index in [0.717, 1.165) is 34.0 Å². The van der Waals surface area contributed by atoms with Crippen molar-refractivity contribution in [2.24, 2.45) is 0 Å². The fraction of sp³-hybridized carbons (Fsp3) is 0.182. The quantitative estimate of drug-likeness (QED) is 0.186. The highest BCUT2D eigenvalue weighted by Gasteiger charge is 2.30. The zero-order chi connectivity index (χ0) is 30.6. The van der Waals surface area contributed by atoms with Gasteiger partial charge in [0.05, 0.1) is 11.1 Å². The molecule has 220 valence electrons. The topological polar surface area (TPSA) is 67.2 Å². The summed E-state index contributed by atoms with van der Waals surface area (Å²) in [6.45, 7) is 2.77. The van der Waals surface area contributed by atoms with Gasteiger partial charge in [-0.3, -0.25) is 9.59 Å². The summed E-state index contributed by atoms with van der Waals surface area (Å²) in [5, 5.41) is 5.16. The van der Waals surface area contributed by atoms with Gasteiger partial charge in [0, 0.05) is 48.2 Å². The second-order valence-electron chi connectivity index (χ2n) is 10.1. The van der Waals surface area contributed by atoms with Crippen LogP contribution in [-0.4, -0.2) is 39.9 Å². The maximum Gasteiger partial charge on any atom is 0.416 e. The first kappa shape index (κ1) is 29.8. The van der Waals surface area contributed by atoms with Gasteiger partial charge in [0.2, 0.25) is 0 Å². The molecule has 0 aliphatic heterocycles. The Morgan fingerprint density at radius 3 is 2.28 bits per heavy atom. The largest absolute Gasteiger partial charge is 0.416 e. The molecule has 1 N–H and O–H groups in total. The normalized spacial score (nSPS) is 11.4. The number of carbonyl (C=O) groups excluding carboxylic acids is 2. The van der Waals surface area contributed by atoms with Crippen molar-refractivity contribution in [1.29, 1.82) is 0 Å². The van der Waals surface area contributed by atoms with Gasteiger partial charge in [-0.25, -0.2) is 4.98 Å². The van der Waals surface area contributed by atoms with Crippen molar-refractivity contribution >= 4 is 28.8 Å². The number of hydrogen-bond donors (Lipinski definition) is 1. The first-order valence-corrected chi connectivity index (χ1v) is 14.5. The number of rotatable bonds is 9. The molecule has 2 aromatic heterocycles. The van der Waals surface area contributed by atoms with E-state index in [9.17, 15) is 22.8 Å². The lowest BCUT2D eigenvalue weighted by molar-refractivity contribution is -0.137. The van der Waals surface area contributed by atoms with E-state index in [4.69, 9.17) is 0 Å². The number of nitrogens with one attached hydrogen (secondary N) is 1. The summed E-state index contributed by atoms with van der Waals surface area (Å²) >= 11 is 1.42. The van der Waals surface area contributed by atoms with E-state index in [1.54, 1.807) is 23.4 Å². The predicted molar refractivity (Wildman–Crippen MR) is 163 cm³/mol. The molecule has 0 aliphatic carbocycles. The lowest BCUT2D eigenvalue weighted by Gasteiger charge is -2.18. The van der Waals surface area contributed by atoms with Crippen LogP contribution in [0.5, 0.6) is 0 Å². The lowest BCUT2D eigenvalue weighted by atomic mass is 10.1. The minimum atomic E-state index is -4.52. The number of anilines is 1. The molecule has 3 aromatic carbocycles. The van der Waals surface area contributed by atoms with Crippen LogP contribution in [0.15, 0.2) is 96.4 Å². The van der Waals surface area contributed by atoms with Crippen LogP contribution in [0.25, 0.3) is 21.8 Å². The maximum absolute atomic E-state index is 13.3. The van der Waals surface area contributed by atoms with E-state index in [1.165, 1.54) is 23.5 Å². The summed E-state index contributed by atoms with van der Waals surface area (Å²) in [4.78, 5) is 32.5. The van der Waals surface area contributed by atoms with E-state index >= 15 is 0 Å². The molecule has 0 radical (unpaired) electrons. The third-order valence-corrected chi connectivity index (χ3v) is 7.99. The summed E-state index contributed by atoms with van der Waals surface area (Å²) in [5.74, 6) is -0.676. The van der Waals surface area contributed by atoms with Crippen LogP contribution in [0.2, 0.25) is 0 Å². The van der Waals surface area contributed by atoms with Gasteiger partial charge in [-0.05, 0) is 43.2 Å². The molecule has 2 amide bonds. The SMILES string of the molecule is Cc1c(C(=O)Nc2cccc(C(F)(F)F)c2)cc(-c2ccccc2)n1CCCN(C)C(=O)c1csc(-c2ccccc2)n1. The van der Waals surface area contributed by atoms with Gasteiger partial charge >= 0.3 is 6.18 Å². The Balaban J connectivity index is 1.31. The molecule has 0 atom stereocenters. The number of thiazole rings is 1. The molecule has 0 bridgehead atoms. The van der Waals surface area contributed by atoms with Crippen LogP contribution in [-0.2, 0) is 12.7 Å². The van der Waals surface area contributed by atoms with E-state index in [1.807, 2.05) is 72.2 Å². The average molecular weight is 603 g/mol. The summed E-state index contributed by atoms with van der Waals surface area (Å²) in [6.07, 6.45) is -3.92. The van der Waals surface area contributed by atoms with E-state index in [-0.39, 0.29) is 11.6 Å². The molecule has 10 heteroatoms. The first-order chi connectivity index (χ1) is 20.6. The van der Waals surface area contributed by atoms with Crippen LogP contribution >= 0.6 is 11.3 Å². The highest BCUT2D eigenvalue weighted by Crippen LogP contribution is 2.32. The van der Waals surface area contributed by atoms with Crippen molar-refractivity contribution in [1.82, 2.24) is 14.5 Å². The molecule has 2 heterocycles. The number of benzene rings is 3. The van der Waals surface area contributed by atoms with E-state index in [2.05, 4.69) is 10.3 Å². The Morgan fingerprint density at radius 2 is 1.60 bits per heavy atom. The van der Waals surface area contributed by atoms with Crippen molar-refractivity contribution in [3.63, 3.8) is 0 Å². The lowest BCUT2D eigenvalue weighted by Crippen LogP contribution is -2.28. The zero-order valence-corrected chi connectivity index (χ0v) is 24.4. The van der Waals surface area contributed by atoms with Crippen LogP contribution in [0.4, 0.5) is 18.9 Å². The third kappa shape index (κ3) is 6.86. The molecule has 0 saturated carbocycles. The second-order valence-corrected chi connectivity index (χ2v) is 10.9. The van der Waals surface area contributed by atoms with Crippen LogP contribution < -0.4 is 5.32 Å². The predicted octanol–water partition coefficient (Wildman–Crippen LogP) is 8.02. The van der Waals surface area contributed by atoms with Crippen LogP contribution in [0.1, 0.15) is 38.5 Å². The van der Waals surface area contributed by atoms with Gasteiger partial charge in [-0.2, -0.15) is 13.2 Å². The minimum Gasteiger partial charge on any atom is -0.344 e. The standard InChI is InChI=1S/C33H29F3N4O2S/c1-22-27(30(41)37-26-16-9-15-25(19-26)33(34,35)36)20-29(23-11-5-3-6-12-23)40(22)18-10-17-39(2)32(42)28-21-43-31(38-28)24-13-7-4-8-14-24/h3-9,11-16,19-21H,10,17-18H2,1-2H3,(H,37,41). The van der Waals surface area contributed by atoms with Crippen molar-refractivity contribution in [3.8, 4) is 21.8 Å². The molecule has 0 fully saturated rings. The van der Waals surface area contributed by atoms with Crippen LogP contribution in [0, 0.1) is 6.92 Å². The Bertz CT molecular complexity index is 1730. The Labute approximate surface area is 251 Å². The van der Waals surface area contributed by atoms with Gasteiger partial charge < -0.3 is 14.8 Å². The Hall–Kier alpha value is -4.70. The highest BCUT2D eigenvalue weighted by atomic mass is 32.1. The molecule has 5 rings (SSSR count). The van der Waals surface area contributed by atoms with Gasteiger partial charge in [-0.1, -0.05) is 66.7 Å². The number of halogens is 3. The highest BCUT2D eigenvalue weighted by molar-refractivity contribution is 7.13. The second kappa shape index (κ2) is 12.7. The van der Waals surface area contributed by atoms with Crippen molar-refractivity contribution in [2.75, 3.05) is 18.9 Å². The zero-order valence-electron chi connectivity index (χ0n) is 23.6. The van der Waals surface area contributed by atoms with Gasteiger partial charge in [-0.15, -0.1) is 11.3 Å². The van der Waals surface area contributed by atoms with Crippen molar-refractivity contribution < 1.29 is 22.8 Å². The molecule has 0 aliphatic rings. The maximum atomic E-state index is 13.3. The Kier molecular flexibility index (Phi) is 8.77. The monoisotopic (exact) mass is 602 g/mol. The van der Waals surface area contributed by atoms with Gasteiger partial charge in [0.1, 0.15) is 10.7 Å². The van der Waals surface area contributed by atoms with Crippen LogP contribution in [0.3, 0.4) is 0 Å².